The maximum atomic E-state index is 12.7. The summed E-state index contributed by atoms with van der Waals surface area (Å²) in [5.41, 5.74) is 4.53. The van der Waals surface area contributed by atoms with Crippen LogP contribution in [0.2, 0.25) is 0 Å². The van der Waals surface area contributed by atoms with Crippen molar-refractivity contribution in [2.24, 2.45) is 11.8 Å². The van der Waals surface area contributed by atoms with Crippen molar-refractivity contribution in [1.82, 2.24) is 24.2 Å². The Bertz CT molecular complexity index is 1850. The molecule has 1 aliphatic heterocycles. The fourth-order valence-electron chi connectivity index (χ4n) is 8.05. The van der Waals surface area contributed by atoms with E-state index in [1.807, 2.05) is 24.3 Å². The molecule has 2 aromatic heterocycles. The van der Waals surface area contributed by atoms with Crippen molar-refractivity contribution in [3.63, 3.8) is 0 Å². The molecular weight excluding hydrogens is 642 g/mol. The largest absolute Gasteiger partial charge is 0.478 e. The van der Waals surface area contributed by atoms with Crippen LogP contribution < -0.4 is 0 Å². The fourth-order valence-corrected chi connectivity index (χ4v) is 8.05. The van der Waals surface area contributed by atoms with Gasteiger partial charge in [-0.2, -0.15) is 0 Å². The Morgan fingerprint density at radius 3 is 1.59 bits per heavy atom. The molecule has 3 heterocycles. The number of aliphatic hydroxyl groups excluding tert-OH is 1. The number of nitrogens with zero attached hydrogens (tertiary/aromatic N) is 5. The van der Waals surface area contributed by atoms with E-state index in [9.17, 15) is 19.8 Å². The van der Waals surface area contributed by atoms with Crippen molar-refractivity contribution in [3.8, 4) is 0 Å². The van der Waals surface area contributed by atoms with Crippen LogP contribution in [-0.4, -0.2) is 65.5 Å². The molecule has 2 saturated carbocycles. The highest BCUT2D eigenvalue weighted by Gasteiger charge is 2.30. The van der Waals surface area contributed by atoms with Crippen LogP contribution in [-0.2, 0) is 28.8 Å². The van der Waals surface area contributed by atoms with E-state index in [1.54, 1.807) is 12.1 Å². The van der Waals surface area contributed by atoms with E-state index in [0.717, 1.165) is 46.8 Å². The number of β-amino-alcohol motifs (C(OH)–C–C–N with tert-alkyl or cyclic N) is 1. The smallest absolute Gasteiger partial charge is 0.335 e. The topological polar surface area (TPSA) is 123 Å². The van der Waals surface area contributed by atoms with E-state index >= 15 is 0 Å². The van der Waals surface area contributed by atoms with Crippen LogP contribution in [0.5, 0.6) is 0 Å². The molecule has 2 aliphatic carbocycles. The zero-order valence-electron chi connectivity index (χ0n) is 31.5. The van der Waals surface area contributed by atoms with Gasteiger partial charge in [-0.15, -0.1) is 0 Å². The molecule has 276 valence electrons. The van der Waals surface area contributed by atoms with Gasteiger partial charge in [-0.1, -0.05) is 80.1 Å². The maximum Gasteiger partial charge on any atom is 0.335 e. The summed E-state index contributed by atoms with van der Waals surface area (Å²) in [5, 5.41) is 20.1. The number of carboxylic acids is 1. The number of carboxylic acid groups (broad SMARTS) is 1. The summed E-state index contributed by atoms with van der Waals surface area (Å²) in [6.45, 7) is 15.5. The number of hydroxylamine groups is 2. The van der Waals surface area contributed by atoms with Crippen LogP contribution in [0.4, 0.5) is 0 Å². The monoisotopic (exact) mass is 699 g/mol. The first-order valence-corrected chi connectivity index (χ1v) is 19.1. The van der Waals surface area contributed by atoms with Crippen molar-refractivity contribution < 1.29 is 24.6 Å². The van der Waals surface area contributed by atoms with E-state index in [0.29, 0.717) is 23.0 Å². The second kappa shape index (κ2) is 15.1. The van der Waals surface area contributed by atoms with Crippen molar-refractivity contribution >= 4 is 33.9 Å². The Kier molecular flexibility index (Phi) is 10.9. The Labute approximate surface area is 302 Å². The number of carbonyl (C=O) groups excluding carboxylic acids is 1. The van der Waals surface area contributed by atoms with E-state index in [1.165, 1.54) is 69.3 Å². The molecule has 1 amide bonds. The summed E-state index contributed by atoms with van der Waals surface area (Å²) < 4.78 is 4.70. The summed E-state index contributed by atoms with van der Waals surface area (Å²) in [7, 11) is 0. The van der Waals surface area contributed by atoms with Gasteiger partial charge in [0, 0.05) is 29.5 Å². The normalized spacial score (nSPS) is 19.4. The van der Waals surface area contributed by atoms with Crippen molar-refractivity contribution in [3.05, 3.63) is 59.2 Å². The molecule has 1 atom stereocenters. The summed E-state index contributed by atoms with van der Waals surface area (Å²) in [4.78, 5) is 38.9. The molecule has 3 fully saturated rings. The van der Waals surface area contributed by atoms with E-state index in [-0.39, 0.29) is 29.9 Å². The predicted octanol–water partition coefficient (Wildman–Crippen LogP) is 8.27. The van der Waals surface area contributed by atoms with Gasteiger partial charge in [0.05, 0.1) is 34.2 Å². The van der Waals surface area contributed by atoms with Crippen LogP contribution in [0.3, 0.4) is 0 Å². The predicted molar refractivity (Wildman–Crippen MR) is 200 cm³/mol. The second-order valence-electron chi connectivity index (χ2n) is 17.1. The summed E-state index contributed by atoms with van der Waals surface area (Å²) in [5.74, 6) is 2.42. The minimum atomic E-state index is -0.897. The first kappa shape index (κ1) is 37.0. The number of imidazole rings is 2. The Morgan fingerprint density at radius 2 is 1.18 bits per heavy atom. The number of carbonyl (C=O) groups is 2. The van der Waals surface area contributed by atoms with Gasteiger partial charge < -0.3 is 19.3 Å². The maximum absolute atomic E-state index is 12.7. The third kappa shape index (κ3) is 8.49. The first-order valence-electron chi connectivity index (χ1n) is 19.1. The molecule has 1 saturated heterocycles. The molecule has 7 rings (SSSR count). The van der Waals surface area contributed by atoms with Gasteiger partial charge in [0.2, 0.25) is 0 Å². The summed E-state index contributed by atoms with van der Waals surface area (Å²) in [6, 6.07) is 11.0. The summed E-state index contributed by atoms with van der Waals surface area (Å²) >= 11 is 0. The lowest BCUT2D eigenvalue weighted by Crippen LogP contribution is -2.28. The third-order valence-corrected chi connectivity index (χ3v) is 10.7. The Balaban J connectivity index is 0.000000179. The molecule has 2 N–H and O–H groups in total. The third-order valence-electron chi connectivity index (χ3n) is 10.7. The Hall–Kier alpha value is -3.76. The van der Waals surface area contributed by atoms with Crippen molar-refractivity contribution in [1.29, 1.82) is 0 Å². The average Bonchev–Trinajstić information content (AvgIpc) is 3.80. The molecule has 0 radical (unpaired) electrons. The average molecular weight is 700 g/mol. The SMILES string of the molecule is CC(C)(C)c1nc2cc(C(=O)N3C[C@H](O)CO3)ccc2n1CC1CCCCC1.CC(C)(C)c1nc2cc(C(=O)O)ccc2n1CC1CCCCC1. The Morgan fingerprint density at radius 1 is 0.725 bits per heavy atom. The molecule has 10 nitrogen and oxygen atoms in total. The van der Waals surface area contributed by atoms with Gasteiger partial charge in [0.15, 0.2) is 0 Å². The minimum Gasteiger partial charge on any atom is -0.478 e. The van der Waals surface area contributed by atoms with Crippen LogP contribution in [0.1, 0.15) is 138 Å². The van der Waals surface area contributed by atoms with Gasteiger partial charge in [-0.05, 0) is 73.9 Å². The molecule has 0 unspecified atom stereocenters. The molecule has 3 aliphatic rings. The fraction of sp³-hybridized carbons (Fsp3) is 0.610. The van der Waals surface area contributed by atoms with Gasteiger partial charge in [0.1, 0.15) is 24.4 Å². The lowest BCUT2D eigenvalue weighted by atomic mass is 9.88. The highest BCUT2D eigenvalue weighted by Crippen LogP contribution is 2.33. The highest BCUT2D eigenvalue weighted by molar-refractivity contribution is 5.97. The molecule has 0 bridgehead atoms. The lowest BCUT2D eigenvalue weighted by Gasteiger charge is -2.26. The summed E-state index contributed by atoms with van der Waals surface area (Å²) in [6.07, 6.45) is 12.5. The zero-order chi connectivity index (χ0) is 36.5. The zero-order valence-corrected chi connectivity index (χ0v) is 31.5. The number of rotatable bonds is 6. The van der Waals surface area contributed by atoms with Crippen molar-refractivity contribution in [2.75, 3.05) is 13.2 Å². The number of hydrogen-bond acceptors (Lipinski definition) is 6. The molecule has 51 heavy (non-hydrogen) atoms. The second-order valence-corrected chi connectivity index (χ2v) is 17.1. The molecule has 10 heteroatoms. The highest BCUT2D eigenvalue weighted by atomic mass is 16.7. The number of benzene rings is 2. The molecular formula is C41H57N5O5. The molecule has 4 aromatic rings. The lowest BCUT2D eigenvalue weighted by molar-refractivity contribution is -0.0779. The number of fused-ring (bicyclic) bond motifs is 2. The standard InChI is InChI=1S/C22H31N3O3.C19H26N2O2/c1-22(2,3)21-23-18-11-16(20(27)25-13-17(26)14-28-25)9-10-19(18)24(21)12-15-7-5-4-6-8-15;1-19(2,3)18-20-15-11-14(17(22)23)9-10-16(15)21(18)12-13-7-5-4-6-8-13/h9-11,15,17,26H,4-8,12-14H2,1-3H3;9-11,13H,4-8,12H2,1-3H3,(H,22,23)/t17-;/m0./s1. The van der Waals surface area contributed by atoms with Crippen LogP contribution >= 0.6 is 0 Å². The molecule has 2 aromatic carbocycles. The van der Waals surface area contributed by atoms with Crippen LogP contribution in [0, 0.1) is 11.8 Å². The van der Waals surface area contributed by atoms with Crippen LogP contribution in [0.15, 0.2) is 36.4 Å². The number of hydrogen-bond donors (Lipinski definition) is 2. The number of amides is 1. The van der Waals surface area contributed by atoms with E-state index in [4.69, 9.17) is 14.8 Å². The number of aromatic nitrogens is 4. The van der Waals surface area contributed by atoms with Gasteiger partial charge in [-0.25, -0.2) is 19.8 Å². The van der Waals surface area contributed by atoms with Gasteiger partial charge >= 0.3 is 5.97 Å². The van der Waals surface area contributed by atoms with Crippen LogP contribution in [0.25, 0.3) is 22.1 Å². The number of aliphatic hydroxyl groups is 1. The van der Waals surface area contributed by atoms with E-state index in [2.05, 4.69) is 50.7 Å². The quantitative estimate of drug-likeness (QED) is 0.208. The molecule has 0 spiro atoms. The van der Waals surface area contributed by atoms with E-state index < -0.39 is 12.1 Å². The number of aromatic carboxylic acids is 1. The van der Waals surface area contributed by atoms with Crippen molar-refractivity contribution in [2.45, 2.75) is 136 Å². The minimum absolute atomic E-state index is 0.0585. The first-order chi connectivity index (χ1) is 24.2. The van der Waals surface area contributed by atoms with Gasteiger partial charge in [0.25, 0.3) is 5.91 Å². The van der Waals surface area contributed by atoms with Gasteiger partial charge in [-0.3, -0.25) is 9.63 Å².